The molecule has 0 aliphatic carbocycles. The van der Waals surface area contributed by atoms with E-state index in [0.717, 1.165) is 0 Å². The SMILES string of the molecule is O=C(COc1ccccc1Cl)c1ccc2c(c1)OCO2. The first-order valence-electron chi connectivity index (χ1n) is 6.04. The Bertz CT molecular complexity index is 654. The summed E-state index contributed by atoms with van der Waals surface area (Å²) in [7, 11) is 0. The lowest BCUT2D eigenvalue weighted by molar-refractivity contribution is 0.0921. The normalized spacial score (nSPS) is 12.2. The topological polar surface area (TPSA) is 44.8 Å². The molecule has 0 atom stereocenters. The number of hydrogen-bond acceptors (Lipinski definition) is 4. The van der Waals surface area contributed by atoms with Gasteiger partial charge in [-0.2, -0.15) is 0 Å². The van der Waals surface area contributed by atoms with Gasteiger partial charge in [-0.3, -0.25) is 4.79 Å². The maximum atomic E-state index is 12.1. The van der Waals surface area contributed by atoms with Gasteiger partial charge in [-0.25, -0.2) is 0 Å². The summed E-state index contributed by atoms with van der Waals surface area (Å²) in [5, 5.41) is 0.478. The highest BCUT2D eigenvalue weighted by Gasteiger charge is 2.16. The number of halogens is 1. The number of ether oxygens (including phenoxy) is 3. The fourth-order valence-electron chi connectivity index (χ4n) is 1.86. The molecular weight excluding hydrogens is 280 g/mol. The summed E-state index contributed by atoms with van der Waals surface area (Å²) in [5.41, 5.74) is 0.515. The van der Waals surface area contributed by atoms with Crippen LogP contribution in [0.2, 0.25) is 5.02 Å². The molecule has 5 heteroatoms. The van der Waals surface area contributed by atoms with Crippen LogP contribution in [0.25, 0.3) is 0 Å². The van der Waals surface area contributed by atoms with Crippen LogP contribution >= 0.6 is 11.6 Å². The zero-order valence-corrected chi connectivity index (χ0v) is 11.2. The molecular formula is C15H11ClO4. The van der Waals surface area contributed by atoms with Crippen LogP contribution in [-0.2, 0) is 0 Å². The van der Waals surface area contributed by atoms with E-state index in [1.165, 1.54) is 0 Å². The van der Waals surface area contributed by atoms with E-state index in [1.807, 2.05) is 0 Å². The molecule has 102 valence electrons. The summed E-state index contributed by atoms with van der Waals surface area (Å²) in [6, 6.07) is 12.1. The zero-order valence-electron chi connectivity index (χ0n) is 10.5. The smallest absolute Gasteiger partial charge is 0.231 e. The Kier molecular flexibility index (Phi) is 3.48. The van der Waals surface area contributed by atoms with E-state index < -0.39 is 0 Å². The molecule has 1 aliphatic heterocycles. The molecule has 2 aromatic carbocycles. The van der Waals surface area contributed by atoms with Crippen molar-refractivity contribution >= 4 is 17.4 Å². The molecule has 0 amide bonds. The lowest BCUT2D eigenvalue weighted by Crippen LogP contribution is -2.11. The number of Topliss-reactive ketones (excluding diaryl/α,β-unsaturated/α-hetero) is 1. The second-order valence-electron chi connectivity index (χ2n) is 4.21. The maximum absolute atomic E-state index is 12.1. The van der Waals surface area contributed by atoms with Gasteiger partial charge in [0.2, 0.25) is 6.79 Å². The first-order chi connectivity index (χ1) is 9.74. The summed E-state index contributed by atoms with van der Waals surface area (Å²) in [4.78, 5) is 12.1. The lowest BCUT2D eigenvalue weighted by atomic mass is 10.1. The molecule has 1 aliphatic rings. The third kappa shape index (κ3) is 2.56. The Balaban J connectivity index is 1.69. The van der Waals surface area contributed by atoms with E-state index in [4.69, 9.17) is 25.8 Å². The van der Waals surface area contributed by atoms with Gasteiger partial charge in [0.05, 0.1) is 5.02 Å². The molecule has 0 aromatic heterocycles. The molecule has 0 radical (unpaired) electrons. The second-order valence-corrected chi connectivity index (χ2v) is 4.62. The third-order valence-electron chi connectivity index (χ3n) is 2.89. The molecule has 0 unspecified atom stereocenters. The monoisotopic (exact) mass is 290 g/mol. The molecule has 0 spiro atoms. The molecule has 0 saturated carbocycles. The van der Waals surface area contributed by atoms with Gasteiger partial charge in [0.1, 0.15) is 5.75 Å². The fraction of sp³-hybridized carbons (Fsp3) is 0.133. The summed E-state index contributed by atoms with van der Waals surface area (Å²) in [6.07, 6.45) is 0. The van der Waals surface area contributed by atoms with Gasteiger partial charge in [0.25, 0.3) is 0 Å². The van der Waals surface area contributed by atoms with E-state index in [0.29, 0.717) is 27.8 Å². The minimum Gasteiger partial charge on any atom is -0.484 e. The number of carbonyl (C=O) groups is 1. The van der Waals surface area contributed by atoms with Crippen LogP contribution in [0.15, 0.2) is 42.5 Å². The standard InChI is InChI=1S/C15H11ClO4/c16-11-3-1-2-4-13(11)18-8-12(17)10-5-6-14-15(7-10)20-9-19-14/h1-7H,8-9H2. The number of fused-ring (bicyclic) bond motifs is 1. The number of ketones is 1. The Morgan fingerprint density at radius 3 is 2.80 bits per heavy atom. The number of para-hydroxylation sites is 1. The van der Waals surface area contributed by atoms with Crippen LogP contribution < -0.4 is 14.2 Å². The average molecular weight is 291 g/mol. The predicted octanol–water partition coefficient (Wildman–Crippen LogP) is 3.33. The summed E-state index contributed by atoms with van der Waals surface area (Å²) in [6.45, 7) is 0.104. The quantitative estimate of drug-likeness (QED) is 0.810. The minimum atomic E-state index is -0.150. The van der Waals surface area contributed by atoms with Crippen molar-refractivity contribution in [3.8, 4) is 17.2 Å². The second kappa shape index (κ2) is 5.43. The average Bonchev–Trinajstić information content (AvgIpc) is 2.93. The molecule has 3 rings (SSSR count). The molecule has 4 nitrogen and oxygen atoms in total. The van der Waals surface area contributed by atoms with Crippen LogP contribution in [-0.4, -0.2) is 19.2 Å². The van der Waals surface area contributed by atoms with Crippen LogP contribution in [0.1, 0.15) is 10.4 Å². The highest BCUT2D eigenvalue weighted by atomic mass is 35.5. The first kappa shape index (κ1) is 12.8. The van der Waals surface area contributed by atoms with Gasteiger partial charge in [0, 0.05) is 5.56 Å². The van der Waals surface area contributed by atoms with Crippen molar-refractivity contribution < 1.29 is 19.0 Å². The van der Waals surface area contributed by atoms with E-state index in [-0.39, 0.29) is 19.2 Å². The largest absolute Gasteiger partial charge is 0.484 e. The van der Waals surface area contributed by atoms with E-state index in [1.54, 1.807) is 42.5 Å². The van der Waals surface area contributed by atoms with Gasteiger partial charge >= 0.3 is 0 Å². The molecule has 20 heavy (non-hydrogen) atoms. The van der Waals surface area contributed by atoms with Crippen molar-refractivity contribution in [2.45, 2.75) is 0 Å². The molecule has 2 aromatic rings. The van der Waals surface area contributed by atoms with Crippen molar-refractivity contribution in [1.29, 1.82) is 0 Å². The van der Waals surface area contributed by atoms with Gasteiger partial charge in [0.15, 0.2) is 23.9 Å². The van der Waals surface area contributed by atoms with Crippen molar-refractivity contribution in [2.75, 3.05) is 13.4 Å². The number of benzene rings is 2. The van der Waals surface area contributed by atoms with E-state index >= 15 is 0 Å². The van der Waals surface area contributed by atoms with E-state index in [9.17, 15) is 4.79 Å². The summed E-state index contributed by atoms with van der Waals surface area (Å²) < 4.78 is 15.8. The van der Waals surface area contributed by atoms with Crippen molar-refractivity contribution in [1.82, 2.24) is 0 Å². The van der Waals surface area contributed by atoms with Crippen LogP contribution in [0.3, 0.4) is 0 Å². The predicted molar refractivity (Wildman–Crippen MR) is 73.8 cm³/mol. The Hall–Kier alpha value is -2.20. The van der Waals surface area contributed by atoms with Gasteiger partial charge in [-0.05, 0) is 30.3 Å². The summed E-state index contributed by atoms with van der Waals surface area (Å²) >= 11 is 5.96. The molecule has 0 bridgehead atoms. The number of rotatable bonds is 4. The zero-order chi connectivity index (χ0) is 13.9. The van der Waals surface area contributed by atoms with Gasteiger partial charge in [-0.15, -0.1) is 0 Å². The summed E-state index contributed by atoms with van der Waals surface area (Å²) in [5.74, 6) is 1.56. The Morgan fingerprint density at radius 2 is 1.95 bits per heavy atom. The molecule has 0 N–H and O–H groups in total. The van der Waals surface area contributed by atoms with Gasteiger partial charge in [-0.1, -0.05) is 23.7 Å². The fourth-order valence-corrected chi connectivity index (χ4v) is 2.05. The third-order valence-corrected chi connectivity index (χ3v) is 3.20. The van der Waals surface area contributed by atoms with Crippen LogP contribution in [0, 0.1) is 0 Å². The van der Waals surface area contributed by atoms with Crippen molar-refractivity contribution in [3.05, 3.63) is 53.1 Å². The Morgan fingerprint density at radius 1 is 1.15 bits per heavy atom. The van der Waals surface area contributed by atoms with Crippen LogP contribution in [0.4, 0.5) is 0 Å². The first-order valence-corrected chi connectivity index (χ1v) is 6.42. The molecule has 1 heterocycles. The van der Waals surface area contributed by atoms with Gasteiger partial charge < -0.3 is 14.2 Å². The number of hydrogen-bond donors (Lipinski definition) is 0. The van der Waals surface area contributed by atoms with Crippen molar-refractivity contribution in [2.24, 2.45) is 0 Å². The molecule has 0 fully saturated rings. The Labute approximate surface area is 120 Å². The molecule has 0 saturated heterocycles. The van der Waals surface area contributed by atoms with Crippen molar-refractivity contribution in [3.63, 3.8) is 0 Å². The maximum Gasteiger partial charge on any atom is 0.231 e. The minimum absolute atomic E-state index is 0.0800. The number of carbonyl (C=O) groups excluding carboxylic acids is 1. The van der Waals surface area contributed by atoms with E-state index in [2.05, 4.69) is 0 Å². The highest BCUT2D eigenvalue weighted by molar-refractivity contribution is 6.32. The lowest BCUT2D eigenvalue weighted by Gasteiger charge is -2.07. The van der Waals surface area contributed by atoms with Crippen LogP contribution in [0.5, 0.6) is 17.2 Å². The highest BCUT2D eigenvalue weighted by Crippen LogP contribution is 2.32.